The molecule has 2 atom stereocenters. The molecule has 0 aliphatic heterocycles. The zero-order valence-electron chi connectivity index (χ0n) is 10.9. The minimum Gasteiger partial charge on any atom is -0.302 e. The smallest absolute Gasteiger partial charge is 0.302 e. The van der Waals surface area contributed by atoms with Crippen molar-refractivity contribution in [2.75, 3.05) is 6.16 Å². The van der Waals surface area contributed by atoms with Crippen LogP contribution in [0.2, 0.25) is 0 Å². The van der Waals surface area contributed by atoms with Crippen molar-refractivity contribution in [1.29, 1.82) is 0 Å². The number of hydrogen-bond acceptors (Lipinski definition) is 2. The van der Waals surface area contributed by atoms with Gasteiger partial charge in [0, 0.05) is 0 Å². The van der Waals surface area contributed by atoms with E-state index in [9.17, 15) is 8.76 Å². The van der Waals surface area contributed by atoms with Gasteiger partial charge in [-0.25, -0.2) is 0 Å². The van der Waals surface area contributed by atoms with Gasteiger partial charge in [-0.05, 0) is 19.3 Å². The molecule has 16 heavy (non-hydrogen) atoms. The highest BCUT2D eigenvalue weighted by Crippen LogP contribution is 2.51. The number of unbranched alkanes of at least 4 members (excludes halogenated alkanes) is 3. The van der Waals surface area contributed by atoms with Gasteiger partial charge in [-0.2, -0.15) is 4.20 Å². The Morgan fingerprint density at radius 3 is 2.31 bits per heavy atom. The van der Waals surface area contributed by atoms with Gasteiger partial charge in [0.1, 0.15) is 0 Å². The van der Waals surface area contributed by atoms with Crippen LogP contribution in [-0.2, 0) is 9.09 Å². The van der Waals surface area contributed by atoms with E-state index in [0.29, 0.717) is 6.42 Å². The minimum atomic E-state index is -3.82. The van der Waals surface area contributed by atoms with Gasteiger partial charge in [0.25, 0.3) is 0 Å². The fraction of sp³-hybridized carbons (Fsp3) is 1.00. The van der Waals surface area contributed by atoms with Crippen molar-refractivity contribution >= 4 is 7.68 Å². The molecular weight excluding hydrogens is 226 g/mol. The molecule has 4 heteroatoms. The highest BCUT2D eigenvalue weighted by atomic mass is 31.2. The molecule has 0 saturated carbocycles. The van der Waals surface area contributed by atoms with Crippen molar-refractivity contribution in [2.24, 2.45) is 0 Å². The predicted molar refractivity (Wildman–Crippen MR) is 67.8 cm³/mol. The Bertz CT molecular complexity index is 209. The van der Waals surface area contributed by atoms with Crippen LogP contribution in [-0.4, -0.2) is 12.3 Å². The van der Waals surface area contributed by atoms with Crippen LogP contribution in [0.4, 0.5) is 4.20 Å². The maximum Gasteiger partial charge on any atom is 0.367 e. The van der Waals surface area contributed by atoms with Crippen LogP contribution in [0.5, 0.6) is 0 Å². The Hall–Kier alpha value is 0.120. The molecule has 0 radical (unpaired) electrons. The Kier molecular flexibility index (Phi) is 9.25. The van der Waals surface area contributed by atoms with Crippen LogP contribution in [0.25, 0.3) is 0 Å². The second kappa shape index (κ2) is 9.18. The number of halogens is 1. The van der Waals surface area contributed by atoms with Gasteiger partial charge in [-0.1, -0.05) is 46.5 Å². The summed E-state index contributed by atoms with van der Waals surface area (Å²) < 4.78 is 29.9. The standard InChI is InChI=1S/C12H26FO2P/c1-4-7-8-9-10-12(6-3)15-16(13,14)11-5-2/h12H,4-11H2,1-3H3. The molecule has 0 bridgehead atoms. The molecule has 0 saturated heterocycles. The summed E-state index contributed by atoms with van der Waals surface area (Å²) in [6, 6.07) is 0. The van der Waals surface area contributed by atoms with Gasteiger partial charge < -0.3 is 4.52 Å². The molecule has 0 heterocycles. The lowest BCUT2D eigenvalue weighted by Crippen LogP contribution is -2.10. The van der Waals surface area contributed by atoms with Crippen molar-refractivity contribution in [2.45, 2.75) is 71.8 Å². The van der Waals surface area contributed by atoms with E-state index in [4.69, 9.17) is 4.52 Å². The second-order valence-corrected chi connectivity index (χ2v) is 6.14. The summed E-state index contributed by atoms with van der Waals surface area (Å²) in [5.74, 6) is 0. The zero-order valence-corrected chi connectivity index (χ0v) is 11.8. The van der Waals surface area contributed by atoms with Crippen LogP contribution in [0.1, 0.15) is 65.7 Å². The maximum atomic E-state index is 13.4. The minimum absolute atomic E-state index is 0.0540. The Labute approximate surface area is 99.5 Å². The third-order valence-corrected chi connectivity index (χ3v) is 4.23. The SMILES string of the molecule is CCCCCCC(CC)OP(=O)(F)CCC. The van der Waals surface area contributed by atoms with E-state index in [2.05, 4.69) is 6.92 Å². The van der Waals surface area contributed by atoms with E-state index in [0.717, 1.165) is 25.7 Å². The van der Waals surface area contributed by atoms with Crippen molar-refractivity contribution < 1.29 is 13.3 Å². The molecule has 2 nitrogen and oxygen atoms in total. The lowest BCUT2D eigenvalue weighted by molar-refractivity contribution is 0.171. The van der Waals surface area contributed by atoms with E-state index in [1.54, 1.807) is 0 Å². The zero-order chi connectivity index (χ0) is 12.4. The van der Waals surface area contributed by atoms with Crippen molar-refractivity contribution in [3.05, 3.63) is 0 Å². The molecule has 98 valence electrons. The topological polar surface area (TPSA) is 26.3 Å². The molecule has 0 aromatic carbocycles. The summed E-state index contributed by atoms with van der Waals surface area (Å²) in [4.78, 5) is 0. The first-order valence-electron chi connectivity index (χ1n) is 6.52. The van der Waals surface area contributed by atoms with Gasteiger partial charge in [-0.15, -0.1) is 0 Å². The average Bonchev–Trinajstić information content (AvgIpc) is 2.22. The summed E-state index contributed by atoms with van der Waals surface area (Å²) in [5.41, 5.74) is 0. The van der Waals surface area contributed by atoms with E-state index < -0.39 is 7.68 Å². The van der Waals surface area contributed by atoms with E-state index in [1.165, 1.54) is 12.8 Å². The van der Waals surface area contributed by atoms with Crippen LogP contribution < -0.4 is 0 Å². The maximum absolute atomic E-state index is 13.4. The number of hydrogen-bond donors (Lipinski definition) is 0. The summed E-state index contributed by atoms with van der Waals surface area (Å²) >= 11 is 0. The molecule has 0 fully saturated rings. The first-order chi connectivity index (χ1) is 7.55. The monoisotopic (exact) mass is 252 g/mol. The van der Waals surface area contributed by atoms with Crippen LogP contribution >= 0.6 is 7.68 Å². The molecule has 0 aromatic rings. The first kappa shape index (κ1) is 16.1. The van der Waals surface area contributed by atoms with E-state index in [1.807, 2.05) is 13.8 Å². The highest BCUT2D eigenvalue weighted by molar-refractivity contribution is 7.53. The van der Waals surface area contributed by atoms with E-state index in [-0.39, 0.29) is 12.3 Å². The normalized spacial score (nSPS) is 17.0. The number of rotatable bonds is 10. The van der Waals surface area contributed by atoms with Gasteiger partial charge in [0.05, 0.1) is 12.3 Å². The molecule has 0 aromatic heterocycles. The molecule has 0 amide bonds. The van der Waals surface area contributed by atoms with Crippen molar-refractivity contribution in [3.8, 4) is 0 Å². The molecule has 0 aliphatic carbocycles. The van der Waals surface area contributed by atoms with E-state index >= 15 is 0 Å². The van der Waals surface area contributed by atoms with Crippen LogP contribution in [0, 0.1) is 0 Å². The second-order valence-electron chi connectivity index (χ2n) is 4.30. The Morgan fingerprint density at radius 1 is 1.12 bits per heavy atom. The fourth-order valence-corrected chi connectivity index (χ4v) is 3.01. The van der Waals surface area contributed by atoms with Crippen LogP contribution in [0.15, 0.2) is 0 Å². The molecule has 2 unspecified atom stereocenters. The molecule has 0 rings (SSSR count). The van der Waals surface area contributed by atoms with Gasteiger partial charge in [0.2, 0.25) is 0 Å². The summed E-state index contributed by atoms with van der Waals surface area (Å²) in [6.45, 7) is 5.93. The predicted octanol–water partition coefficient (Wildman–Crippen LogP) is 5.32. The Morgan fingerprint density at radius 2 is 1.81 bits per heavy atom. The molecule has 0 aliphatic rings. The average molecular weight is 252 g/mol. The van der Waals surface area contributed by atoms with Crippen molar-refractivity contribution in [3.63, 3.8) is 0 Å². The first-order valence-corrected chi connectivity index (χ1v) is 8.22. The lowest BCUT2D eigenvalue weighted by Gasteiger charge is -2.18. The third-order valence-electron chi connectivity index (χ3n) is 2.63. The van der Waals surface area contributed by atoms with Gasteiger partial charge >= 0.3 is 7.68 Å². The molecule has 0 N–H and O–H groups in total. The van der Waals surface area contributed by atoms with Crippen LogP contribution in [0.3, 0.4) is 0 Å². The third kappa shape index (κ3) is 8.29. The fourth-order valence-electron chi connectivity index (χ4n) is 1.67. The van der Waals surface area contributed by atoms with Crippen molar-refractivity contribution in [1.82, 2.24) is 0 Å². The summed E-state index contributed by atoms with van der Waals surface area (Å²) in [5, 5.41) is 0. The Balaban J connectivity index is 3.86. The highest BCUT2D eigenvalue weighted by Gasteiger charge is 2.24. The van der Waals surface area contributed by atoms with Gasteiger partial charge in [0.15, 0.2) is 0 Å². The molecule has 0 spiro atoms. The van der Waals surface area contributed by atoms with Gasteiger partial charge in [-0.3, -0.25) is 4.57 Å². The summed E-state index contributed by atoms with van der Waals surface area (Å²) in [7, 11) is -3.82. The lowest BCUT2D eigenvalue weighted by atomic mass is 10.1. The quantitative estimate of drug-likeness (QED) is 0.388. The largest absolute Gasteiger partial charge is 0.367 e. The summed E-state index contributed by atoms with van der Waals surface area (Å²) in [6.07, 6.45) is 6.61. The molecular formula is C12H26FO2P.